The molecule has 118 valence electrons. The minimum Gasteiger partial charge on any atom is -0.380 e. The van der Waals surface area contributed by atoms with Crippen LogP contribution < -0.4 is 0 Å². The number of ether oxygens (including phenoxy) is 1. The zero-order chi connectivity index (χ0) is 16.1. The van der Waals surface area contributed by atoms with Crippen molar-refractivity contribution < 1.29 is 9.53 Å². The fraction of sp³-hybridized carbons (Fsp3) is 0.353. The number of hydrogen-bond acceptors (Lipinski definition) is 3. The number of carbonyl (C=O) groups is 1. The monoisotopic (exact) mass is 318 g/mol. The van der Waals surface area contributed by atoms with Crippen LogP contribution in [0, 0.1) is 0 Å². The number of thiophene rings is 1. The lowest BCUT2D eigenvalue weighted by atomic mass is 10.1. The number of aromatic nitrogens is 1. The third-order valence-corrected chi connectivity index (χ3v) is 4.58. The average molecular weight is 318 g/mol. The molecule has 0 bridgehead atoms. The van der Waals surface area contributed by atoms with Gasteiger partial charge in [0.1, 0.15) is 0 Å². The number of amides is 1. The van der Waals surface area contributed by atoms with E-state index in [0.717, 1.165) is 16.0 Å². The van der Waals surface area contributed by atoms with Gasteiger partial charge in [0.15, 0.2) is 0 Å². The third-order valence-electron chi connectivity index (χ3n) is 3.61. The normalized spacial score (nSPS) is 12.1. The van der Waals surface area contributed by atoms with E-state index < -0.39 is 0 Å². The second-order valence-corrected chi connectivity index (χ2v) is 6.31. The van der Waals surface area contributed by atoms with Gasteiger partial charge in [-0.1, -0.05) is 6.58 Å². The molecule has 0 saturated heterocycles. The second kappa shape index (κ2) is 7.42. The van der Waals surface area contributed by atoms with Crippen molar-refractivity contribution in [3.63, 3.8) is 0 Å². The van der Waals surface area contributed by atoms with Crippen molar-refractivity contribution >= 4 is 17.2 Å². The van der Waals surface area contributed by atoms with E-state index in [4.69, 9.17) is 4.74 Å². The molecule has 2 aromatic rings. The number of aryl methyl sites for hydroxylation is 1. The van der Waals surface area contributed by atoms with Gasteiger partial charge in [-0.15, -0.1) is 11.3 Å². The predicted octanol–water partition coefficient (Wildman–Crippen LogP) is 3.51. The van der Waals surface area contributed by atoms with Crippen molar-refractivity contribution in [2.45, 2.75) is 26.1 Å². The van der Waals surface area contributed by atoms with Crippen LogP contribution >= 0.6 is 11.3 Å². The predicted molar refractivity (Wildman–Crippen MR) is 89.6 cm³/mol. The van der Waals surface area contributed by atoms with E-state index in [1.165, 1.54) is 6.08 Å². The maximum atomic E-state index is 12.3. The molecule has 0 aliphatic rings. The molecule has 0 aliphatic heterocycles. The van der Waals surface area contributed by atoms with Gasteiger partial charge < -0.3 is 14.2 Å². The Morgan fingerprint density at radius 2 is 2.36 bits per heavy atom. The highest BCUT2D eigenvalue weighted by Crippen LogP contribution is 2.25. The maximum Gasteiger partial charge on any atom is 0.246 e. The summed E-state index contributed by atoms with van der Waals surface area (Å²) in [7, 11) is 3.66. The molecular formula is C17H22N2O2S. The van der Waals surface area contributed by atoms with Crippen molar-refractivity contribution in [3.8, 4) is 0 Å². The SMILES string of the molecule is C=CC(=O)N(Cc1cc(COC)cs1)C(C)c1ccn(C)c1. The molecular weight excluding hydrogens is 296 g/mol. The van der Waals surface area contributed by atoms with Crippen molar-refractivity contribution in [3.05, 3.63) is 58.6 Å². The summed E-state index contributed by atoms with van der Waals surface area (Å²) in [6.45, 7) is 6.84. The molecule has 0 radical (unpaired) electrons. The number of nitrogens with zero attached hydrogens (tertiary/aromatic N) is 2. The molecule has 2 heterocycles. The van der Waals surface area contributed by atoms with E-state index in [1.807, 2.05) is 41.9 Å². The van der Waals surface area contributed by atoms with Gasteiger partial charge in [0.05, 0.1) is 19.2 Å². The first kappa shape index (κ1) is 16.5. The summed E-state index contributed by atoms with van der Waals surface area (Å²) in [6, 6.07) is 4.13. The van der Waals surface area contributed by atoms with Crippen LogP contribution in [0.1, 0.15) is 29.0 Å². The fourth-order valence-electron chi connectivity index (χ4n) is 2.39. The van der Waals surface area contributed by atoms with Crippen LogP contribution in [-0.2, 0) is 29.7 Å². The maximum absolute atomic E-state index is 12.3. The lowest BCUT2D eigenvalue weighted by Crippen LogP contribution is -2.31. The summed E-state index contributed by atoms with van der Waals surface area (Å²) in [6.07, 6.45) is 5.41. The average Bonchev–Trinajstić information content (AvgIpc) is 3.13. The Balaban J connectivity index is 2.18. The van der Waals surface area contributed by atoms with E-state index in [1.54, 1.807) is 18.4 Å². The molecule has 0 aliphatic carbocycles. The van der Waals surface area contributed by atoms with Crippen LogP contribution in [0.25, 0.3) is 0 Å². The van der Waals surface area contributed by atoms with E-state index in [2.05, 4.69) is 18.0 Å². The Labute approximate surface area is 135 Å². The number of hydrogen-bond donors (Lipinski definition) is 0. The van der Waals surface area contributed by atoms with Gasteiger partial charge in [0.25, 0.3) is 0 Å². The van der Waals surface area contributed by atoms with Crippen molar-refractivity contribution in [1.82, 2.24) is 9.47 Å². The summed E-state index contributed by atoms with van der Waals surface area (Å²) in [4.78, 5) is 15.2. The molecule has 22 heavy (non-hydrogen) atoms. The van der Waals surface area contributed by atoms with Crippen LogP contribution in [0.15, 0.2) is 42.6 Å². The lowest BCUT2D eigenvalue weighted by Gasteiger charge is -2.27. The Morgan fingerprint density at radius 1 is 1.59 bits per heavy atom. The van der Waals surface area contributed by atoms with Crippen molar-refractivity contribution in [2.24, 2.45) is 7.05 Å². The smallest absolute Gasteiger partial charge is 0.246 e. The van der Waals surface area contributed by atoms with Gasteiger partial charge in [0.2, 0.25) is 5.91 Å². The van der Waals surface area contributed by atoms with Crippen molar-refractivity contribution in [2.75, 3.05) is 7.11 Å². The van der Waals surface area contributed by atoms with E-state index in [-0.39, 0.29) is 11.9 Å². The van der Waals surface area contributed by atoms with Crippen LogP contribution in [0.3, 0.4) is 0 Å². The molecule has 5 heteroatoms. The Morgan fingerprint density at radius 3 is 2.95 bits per heavy atom. The highest BCUT2D eigenvalue weighted by atomic mass is 32.1. The first-order valence-corrected chi connectivity index (χ1v) is 8.03. The molecule has 0 spiro atoms. The molecule has 2 rings (SSSR count). The van der Waals surface area contributed by atoms with Crippen molar-refractivity contribution in [1.29, 1.82) is 0 Å². The van der Waals surface area contributed by atoms with Gasteiger partial charge in [-0.2, -0.15) is 0 Å². The van der Waals surface area contributed by atoms with E-state index >= 15 is 0 Å². The number of methoxy groups -OCH3 is 1. The molecule has 4 nitrogen and oxygen atoms in total. The minimum atomic E-state index is -0.0574. The highest BCUT2D eigenvalue weighted by molar-refractivity contribution is 7.10. The topological polar surface area (TPSA) is 34.5 Å². The second-order valence-electron chi connectivity index (χ2n) is 5.31. The molecule has 0 saturated carbocycles. The lowest BCUT2D eigenvalue weighted by molar-refractivity contribution is -0.128. The highest BCUT2D eigenvalue weighted by Gasteiger charge is 2.21. The van der Waals surface area contributed by atoms with Gasteiger partial charge in [-0.3, -0.25) is 4.79 Å². The fourth-order valence-corrected chi connectivity index (χ4v) is 3.27. The van der Waals surface area contributed by atoms with Crippen LogP contribution in [0.5, 0.6) is 0 Å². The molecule has 1 unspecified atom stereocenters. The molecule has 0 N–H and O–H groups in total. The summed E-state index contributed by atoms with van der Waals surface area (Å²) in [5, 5.41) is 2.07. The van der Waals surface area contributed by atoms with Gasteiger partial charge in [-0.25, -0.2) is 0 Å². The van der Waals surface area contributed by atoms with Gasteiger partial charge >= 0.3 is 0 Å². The zero-order valence-corrected chi connectivity index (χ0v) is 14.1. The van der Waals surface area contributed by atoms with Gasteiger partial charge in [-0.05, 0) is 41.6 Å². The number of rotatable bonds is 7. The van der Waals surface area contributed by atoms with E-state index in [0.29, 0.717) is 13.2 Å². The summed E-state index contributed by atoms with van der Waals surface area (Å²) in [5.41, 5.74) is 2.26. The molecule has 1 amide bonds. The molecule has 0 fully saturated rings. The van der Waals surface area contributed by atoms with E-state index in [9.17, 15) is 4.79 Å². The quantitative estimate of drug-likeness (QED) is 0.732. The Bertz CT molecular complexity index is 645. The molecule has 2 aromatic heterocycles. The summed E-state index contributed by atoms with van der Waals surface area (Å²) >= 11 is 1.65. The molecule has 1 atom stereocenters. The minimum absolute atomic E-state index is 0.000301. The summed E-state index contributed by atoms with van der Waals surface area (Å²) < 4.78 is 7.13. The van der Waals surface area contributed by atoms with Crippen LogP contribution in [0.4, 0.5) is 0 Å². The molecule has 0 aromatic carbocycles. The largest absolute Gasteiger partial charge is 0.380 e. The first-order valence-electron chi connectivity index (χ1n) is 7.15. The third kappa shape index (κ3) is 3.87. The standard InChI is InChI=1S/C17H22N2O2S/c1-5-17(20)19(13(2)15-6-7-18(3)9-15)10-16-8-14(11-21-4)12-22-16/h5-9,12-13H,1,10-11H2,2-4H3. The van der Waals surface area contributed by atoms with Crippen LogP contribution in [-0.4, -0.2) is 22.5 Å². The zero-order valence-electron chi connectivity index (χ0n) is 13.3. The Kier molecular flexibility index (Phi) is 5.57. The summed E-state index contributed by atoms with van der Waals surface area (Å²) in [5.74, 6) is -0.0574. The van der Waals surface area contributed by atoms with Gasteiger partial charge in [0, 0.05) is 31.4 Å². The Hall–Kier alpha value is -1.85. The van der Waals surface area contributed by atoms with Crippen LogP contribution in [0.2, 0.25) is 0 Å². The number of carbonyl (C=O) groups excluding carboxylic acids is 1. The first-order chi connectivity index (χ1) is 10.5.